The molecule has 2 rings (SSSR count). The summed E-state index contributed by atoms with van der Waals surface area (Å²) in [5, 5.41) is 6.10. The van der Waals surface area contributed by atoms with Gasteiger partial charge in [-0.25, -0.2) is 12.8 Å². The Morgan fingerprint density at radius 2 is 1.86 bits per heavy atom. The number of nitrogens with one attached hydrogen (secondary N) is 2. The Labute approximate surface area is 188 Å². The summed E-state index contributed by atoms with van der Waals surface area (Å²) in [6.45, 7) is 2.63. The van der Waals surface area contributed by atoms with E-state index in [0.717, 1.165) is 0 Å². The van der Waals surface area contributed by atoms with E-state index in [9.17, 15) is 12.8 Å². The number of rotatable bonds is 9. The summed E-state index contributed by atoms with van der Waals surface area (Å²) in [7, 11) is -1.74. The lowest BCUT2D eigenvalue weighted by atomic mass is 10.2. The molecule has 29 heavy (non-hydrogen) atoms. The first-order valence-corrected chi connectivity index (χ1v) is 10.7. The Balaban J connectivity index is 0.00000420. The molecule has 0 aromatic heterocycles. The third-order valence-electron chi connectivity index (χ3n) is 4.04. The van der Waals surface area contributed by atoms with Gasteiger partial charge in [-0.05, 0) is 30.7 Å². The van der Waals surface area contributed by atoms with Crippen LogP contribution in [0.15, 0.2) is 64.5 Å². The van der Waals surface area contributed by atoms with E-state index < -0.39 is 9.84 Å². The van der Waals surface area contributed by atoms with Crippen molar-refractivity contribution in [1.29, 1.82) is 0 Å². The van der Waals surface area contributed by atoms with Gasteiger partial charge < -0.3 is 15.4 Å². The largest absolute Gasteiger partial charge is 0.489 e. The lowest BCUT2D eigenvalue weighted by Gasteiger charge is -2.20. The van der Waals surface area contributed by atoms with Crippen molar-refractivity contribution in [2.75, 3.05) is 25.9 Å². The molecule has 0 aliphatic rings. The maximum absolute atomic E-state index is 13.3. The molecule has 6 nitrogen and oxygen atoms in total. The van der Waals surface area contributed by atoms with Crippen molar-refractivity contribution in [2.45, 2.75) is 24.3 Å². The minimum absolute atomic E-state index is 0. The number of nitrogens with zero attached hydrogens (tertiary/aromatic N) is 1. The Bertz CT molecular complexity index is 880. The fourth-order valence-electron chi connectivity index (χ4n) is 2.48. The fraction of sp³-hybridized carbons (Fsp3) is 0.350. The van der Waals surface area contributed by atoms with Crippen molar-refractivity contribution in [3.05, 3.63) is 60.4 Å². The minimum atomic E-state index is -3.35. The molecule has 0 spiro atoms. The second kappa shape index (κ2) is 12.6. The van der Waals surface area contributed by atoms with E-state index in [1.807, 2.05) is 6.92 Å². The summed E-state index contributed by atoms with van der Waals surface area (Å²) in [4.78, 5) is 4.39. The van der Waals surface area contributed by atoms with Gasteiger partial charge in [0.25, 0.3) is 0 Å². The molecule has 0 saturated carbocycles. The average molecular weight is 535 g/mol. The monoisotopic (exact) mass is 535 g/mol. The van der Waals surface area contributed by atoms with Gasteiger partial charge in [0, 0.05) is 19.7 Å². The van der Waals surface area contributed by atoms with Gasteiger partial charge in [0.2, 0.25) is 0 Å². The number of aliphatic imine (C=N–C) groups is 1. The third kappa shape index (κ3) is 8.57. The normalized spacial score (nSPS) is 12.6. The third-order valence-corrected chi connectivity index (χ3v) is 5.77. The highest BCUT2D eigenvalue weighted by Gasteiger charge is 2.14. The number of halogens is 2. The molecule has 0 amide bonds. The number of sulfone groups is 1. The Kier molecular flexibility index (Phi) is 11.0. The Morgan fingerprint density at radius 3 is 2.48 bits per heavy atom. The van der Waals surface area contributed by atoms with Crippen molar-refractivity contribution in [2.24, 2.45) is 4.99 Å². The number of ether oxygens (including phenoxy) is 1. The lowest BCUT2D eigenvalue weighted by Crippen LogP contribution is -2.43. The molecule has 0 aliphatic heterocycles. The Morgan fingerprint density at radius 1 is 1.14 bits per heavy atom. The summed E-state index contributed by atoms with van der Waals surface area (Å²) in [5.41, 5.74) is 0. The van der Waals surface area contributed by atoms with Gasteiger partial charge in [0.15, 0.2) is 15.8 Å². The van der Waals surface area contributed by atoms with Crippen LogP contribution >= 0.6 is 24.0 Å². The zero-order valence-corrected chi connectivity index (χ0v) is 19.6. The number of hydrogen-bond donors (Lipinski definition) is 2. The van der Waals surface area contributed by atoms with Gasteiger partial charge >= 0.3 is 0 Å². The first-order valence-electron chi connectivity index (χ1n) is 9.09. The predicted molar refractivity (Wildman–Crippen MR) is 124 cm³/mol. The summed E-state index contributed by atoms with van der Waals surface area (Å²) in [5.74, 6) is 0.543. The van der Waals surface area contributed by atoms with Crippen LogP contribution in [0.25, 0.3) is 0 Å². The first-order chi connectivity index (χ1) is 13.4. The van der Waals surface area contributed by atoms with Crippen molar-refractivity contribution in [3.8, 4) is 5.75 Å². The first kappa shape index (κ1) is 25.2. The Hall–Kier alpha value is -1.88. The highest BCUT2D eigenvalue weighted by Crippen LogP contribution is 2.14. The highest BCUT2D eigenvalue weighted by atomic mass is 127. The second-order valence-electron chi connectivity index (χ2n) is 6.12. The summed E-state index contributed by atoms with van der Waals surface area (Å²) >= 11 is 0. The molecule has 0 saturated heterocycles. The van der Waals surface area contributed by atoms with Gasteiger partial charge in [-0.2, -0.15) is 0 Å². The molecule has 0 heterocycles. The maximum Gasteiger partial charge on any atom is 0.191 e. The molecule has 0 aliphatic carbocycles. The molecule has 160 valence electrons. The van der Waals surface area contributed by atoms with E-state index in [0.29, 0.717) is 29.6 Å². The maximum atomic E-state index is 13.3. The van der Waals surface area contributed by atoms with Crippen molar-refractivity contribution < 1.29 is 17.5 Å². The van der Waals surface area contributed by atoms with Crippen LogP contribution < -0.4 is 15.4 Å². The van der Waals surface area contributed by atoms with Crippen LogP contribution in [-0.2, 0) is 9.84 Å². The van der Waals surface area contributed by atoms with Crippen molar-refractivity contribution in [1.82, 2.24) is 10.6 Å². The van der Waals surface area contributed by atoms with Crippen LogP contribution in [0.2, 0.25) is 0 Å². The van der Waals surface area contributed by atoms with Gasteiger partial charge in [0.1, 0.15) is 17.7 Å². The predicted octanol–water partition coefficient (Wildman–Crippen LogP) is 3.24. The van der Waals surface area contributed by atoms with Crippen LogP contribution in [0.5, 0.6) is 5.75 Å². The molecule has 0 bridgehead atoms. The zero-order chi connectivity index (χ0) is 20.4. The average Bonchev–Trinajstić information content (AvgIpc) is 2.70. The van der Waals surface area contributed by atoms with Gasteiger partial charge in [-0.15, -0.1) is 24.0 Å². The van der Waals surface area contributed by atoms with E-state index in [2.05, 4.69) is 15.6 Å². The van der Waals surface area contributed by atoms with Gasteiger partial charge in [-0.3, -0.25) is 4.99 Å². The molecule has 9 heteroatoms. The molecule has 2 aromatic rings. The number of benzene rings is 2. The molecule has 0 radical (unpaired) electrons. The fourth-order valence-corrected chi connectivity index (χ4v) is 3.66. The number of guanidine groups is 1. The van der Waals surface area contributed by atoms with Crippen LogP contribution in [-0.4, -0.2) is 46.4 Å². The summed E-state index contributed by atoms with van der Waals surface area (Å²) < 4.78 is 43.6. The molecule has 2 aromatic carbocycles. The molecule has 2 N–H and O–H groups in total. The lowest BCUT2D eigenvalue weighted by molar-refractivity contribution is 0.199. The summed E-state index contributed by atoms with van der Waals surface area (Å²) in [6.07, 6.45) is 0.525. The highest BCUT2D eigenvalue weighted by molar-refractivity contribution is 14.0. The zero-order valence-electron chi connectivity index (χ0n) is 16.5. The minimum Gasteiger partial charge on any atom is -0.489 e. The number of hydrogen-bond acceptors (Lipinski definition) is 4. The quantitative estimate of drug-likeness (QED) is 0.293. The van der Waals surface area contributed by atoms with Crippen LogP contribution in [0, 0.1) is 5.82 Å². The van der Waals surface area contributed by atoms with E-state index in [4.69, 9.17) is 4.74 Å². The summed E-state index contributed by atoms with van der Waals surface area (Å²) in [6, 6.07) is 14.3. The van der Waals surface area contributed by atoms with E-state index in [1.54, 1.807) is 49.5 Å². The van der Waals surface area contributed by atoms with E-state index in [-0.39, 0.29) is 48.2 Å². The second-order valence-corrected chi connectivity index (χ2v) is 8.23. The van der Waals surface area contributed by atoms with E-state index >= 15 is 0 Å². The van der Waals surface area contributed by atoms with Crippen LogP contribution in [0.4, 0.5) is 4.39 Å². The molecule has 1 atom stereocenters. The van der Waals surface area contributed by atoms with Crippen molar-refractivity contribution >= 4 is 39.8 Å². The van der Waals surface area contributed by atoms with Gasteiger partial charge in [0.05, 0.1) is 17.2 Å². The SMILES string of the molecule is CCC(CNC(=NC)NCCS(=O)(=O)c1ccccc1)Oc1cccc(F)c1.I. The van der Waals surface area contributed by atoms with Crippen molar-refractivity contribution in [3.63, 3.8) is 0 Å². The molecular weight excluding hydrogens is 508 g/mol. The molecule has 0 fully saturated rings. The van der Waals surface area contributed by atoms with Gasteiger partial charge in [-0.1, -0.05) is 31.2 Å². The van der Waals surface area contributed by atoms with Crippen LogP contribution in [0.1, 0.15) is 13.3 Å². The standard InChI is InChI=1S/C20H26FN3O3S.HI/c1-3-17(27-18-9-7-8-16(21)14-18)15-24-20(22-2)23-12-13-28(25,26)19-10-5-4-6-11-19;/h4-11,14,17H,3,12-13,15H2,1-2H3,(H2,22,23,24);1H. The van der Waals surface area contributed by atoms with E-state index in [1.165, 1.54) is 12.1 Å². The van der Waals surface area contributed by atoms with Crippen LogP contribution in [0.3, 0.4) is 0 Å². The molecule has 1 unspecified atom stereocenters. The smallest absolute Gasteiger partial charge is 0.191 e. The molecular formula is C20H27FIN3O3S. The topological polar surface area (TPSA) is 79.8 Å².